The Labute approximate surface area is 223 Å². The van der Waals surface area contributed by atoms with Crippen LogP contribution in [0.15, 0.2) is 82.7 Å². The lowest BCUT2D eigenvalue weighted by Gasteiger charge is -2.14. The van der Waals surface area contributed by atoms with E-state index in [0.717, 1.165) is 39.0 Å². The van der Waals surface area contributed by atoms with E-state index in [4.69, 9.17) is 16.3 Å². The third kappa shape index (κ3) is 6.72. The van der Waals surface area contributed by atoms with Crippen LogP contribution in [0.25, 0.3) is 6.08 Å². The smallest absolute Gasteiger partial charge is 0.260 e. The number of benzene rings is 3. The van der Waals surface area contributed by atoms with Crippen molar-refractivity contribution in [2.45, 2.75) is 31.9 Å². The Kier molecular flexibility index (Phi) is 8.60. The first-order valence-electron chi connectivity index (χ1n) is 11.3. The lowest BCUT2D eigenvalue weighted by Crippen LogP contribution is -2.30. The maximum absolute atomic E-state index is 12.6. The molecule has 0 spiro atoms. The molecule has 0 bridgehead atoms. The van der Waals surface area contributed by atoms with Crippen LogP contribution in [0.4, 0.5) is 5.69 Å². The average molecular weight is 570 g/mol. The molecule has 0 radical (unpaired) electrons. The highest BCUT2D eigenvalue weighted by Crippen LogP contribution is 2.35. The van der Waals surface area contributed by atoms with E-state index >= 15 is 0 Å². The molecule has 0 saturated carbocycles. The van der Waals surface area contributed by atoms with Gasteiger partial charge in [0.25, 0.3) is 5.91 Å². The third-order valence-corrected chi connectivity index (χ3v) is 7.36. The van der Waals surface area contributed by atoms with Crippen LogP contribution >= 0.6 is 39.3 Å². The van der Waals surface area contributed by atoms with Gasteiger partial charge in [-0.1, -0.05) is 60.6 Å². The minimum absolute atomic E-state index is 0.0952. The van der Waals surface area contributed by atoms with Gasteiger partial charge in [0.1, 0.15) is 12.4 Å². The molecule has 180 valence electrons. The molecule has 1 aliphatic rings. The number of rotatable bonds is 9. The molecular formula is C28H26BrClN2O2S. The summed E-state index contributed by atoms with van der Waals surface area (Å²) in [6.07, 6.45) is 5.39. The number of ether oxygens (including phenoxy) is 1. The molecule has 35 heavy (non-hydrogen) atoms. The zero-order valence-electron chi connectivity index (χ0n) is 19.3. The monoisotopic (exact) mass is 568 g/mol. The molecule has 7 heteroatoms. The van der Waals surface area contributed by atoms with E-state index in [-0.39, 0.29) is 11.4 Å². The van der Waals surface area contributed by atoms with E-state index in [1.807, 2.05) is 60.7 Å². The van der Waals surface area contributed by atoms with Gasteiger partial charge < -0.3 is 15.4 Å². The summed E-state index contributed by atoms with van der Waals surface area (Å²) < 4.78 is 6.97. The SMILES string of the molecule is C=CCc1cc(/C=C2\S[C@@H](Nc3ccc(CC)cc3)NC2=O)cc(Br)c1OCc1ccc(Cl)cc1. The Morgan fingerprint density at radius 1 is 1.14 bits per heavy atom. The van der Waals surface area contributed by atoms with Crippen molar-refractivity contribution in [1.29, 1.82) is 0 Å². The van der Waals surface area contributed by atoms with E-state index in [1.165, 1.54) is 17.3 Å². The van der Waals surface area contributed by atoms with Gasteiger partial charge in [-0.2, -0.15) is 0 Å². The molecule has 1 fully saturated rings. The fraction of sp³-hybridized carbons (Fsp3) is 0.179. The summed E-state index contributed by atoms with van der Waals surface area (Å²) in [5.41, 5.74) is 4.96. The lowest BCUT2D eigenvalue weighted by molar-refractivity contribution is -0.116. The number of allylic oxidation sites excluding steroid dienone is 1. The molecule has 4 rings (SSSR count). The Hall–Kier alpha value is -2.67. The van der Waals surface area contributed by atoms with Crippen molar-refractivity contribution < 1.29 is 9.53 Å². The first kappa shape index (κ1) is 25.4. The number of nitrogens with one attached hydrogen (secondary N) is 2. The second-order valence-electron chi connectivity index (χ2n) is 8.07. The number of hydrogen-bond acceptors (Lipinski definition) is 4. The number of anilines is 1. The largest absolute Gasteiger partial charge is 0.487 e. The molecule has 1 amide bonds. The molecule has 1 aliphatic heterocycles. The number of carbonyl (C=O) groups is 1. The minimum Gasteiger partial charge on any atom is -0.487 e. The summed E-state index contributed by atoms with van der Waals surface area (Å²) >= 11 is 11.1. The van der Waals surface area contributed by atoms with Gasteiger partial charge in [-0.3, -0.25) is 4.79 Å². The number of hydrogen-bond donors (Lipinski definition) is 2. The predicted molar refractivity (Wildman–Crippen MR) is 151 cm³/mol. The van der Waals surface area contributed by atoms with Crippen LogP contribution in [-0.2, 0) is 24.2 Å². The van der Waals surface area contributed by atoms with Crippen molar-refractivity contribution in [3.63, 3.8) is 0 Å². The van der Waals surface area contributed by atoms with Crippen LogP contribution in [0.1, 0.15) is 29.2 Å². The molecule has 1 heterocycles. The van der Waals surface area contributed by atoms with Gasteiger partial charge in [0.05, 0.1) is 9.38 Å². The van der Waals surface area contributed by atoms with E-state index in [0.29, 0.717) is 23.0 Å². The van der Waals surface area contributed by atoms with E-state index in [9.17, 15) is 4.79 Å². The van der Waals surface area contributed by atoms with Crippen molar-refractivity contribution in [2.24, 2.45) is 0 Å². The number of carbonyl (C=O) groups excluding carboxylic acids is 1. The number of thioether (sulfide) groups is 1. The van der Waals surface area contributed by atoms with E-state index < -0.39 is 0 Å². The maximum atomic E-state index is 12.6. The first-order chi connectivity index (χ1) is 16.9. The molecule has 2 N–H and O–H groups in total. The minimum atomic E-state index is -0.223. The van der Waals surface area contributed by atoms with Crippen LogP contribution in [0, 0.1) is 0 Å². The molecule has 0 aromatic heterocycles. The van der Waals surface area contributed by atoms with Gasteiger partial charge in [-0.15, -0.1) is 6.58 Å². The highest BCUT2D eigenvalue weighted by molar-refractivity contribution is 9.10. The summed E-state index contributed by atoms with van der Waals surface area (Å²) in [5.74, 6) is 0.669. The van der Waals surface area contributed by atoms with Crippen molar-refractivity contribution in [1.82, 2.24) is 5.32 Å². The normalized spacial score (nSPS) is 16.3. The number of halogens is 2. The van der Waals surface area contributed by atoms with Gasteiger partial charge in [0, 0.05) is 10.7 Å². The van der Waals surface area contributed by atoms with Gasteiger partial charge >= 0.3 is 0 Å². The summed E-state index contributed by atoms with van der Waals surface area (Å²) in [6.45, 7) is 6.43. The molecule has 4 nitrogen and oxygen atoms in total. The fourth-order valence-electron chi connectivity index (χ4n) is 3.67. The lowest BCUT2D eigenvalue weighted by atomic mass is 10.1. The fourth-order valence-corrected chi connectivity index (χ4v) is 5.41. The molecule has 0 unspecified atom stereocenters. The quantitative estimate of drug-likeness (QED) is 0.206. The highest BCUT2D eigenvalue weighted by atomic mass is 79.9. The van der Waals surface area contributed by atoms with Crippen LogP contribution in [-0.4, -0.2) is 11.4 Å². The average Bonchev–Trinajstić information content (AvgIpc) is 3.18. The molecule has 0 aliphatic carbocycles. The van der Waals surface area contributed by atoms with Crippen LogP contribution in [0.2, 0.25) is 5.02 Å². The van der Waals surface area contributed by atoms with Crippen LogP contribution in [0.5, 0.6) is 5.75 Å². The Morgan fingerprint density at radius 3 is 2.54 bits per heavy atom. The Balaban J connectivity index is 1.49. The van der Waals surface area contributed by atoms with Gasteiger partial charge in [-0.05, 0) is 93.5 Å². The predicted octanol–water partition coefficient (Wildman–Crippen LogP) is 7.57. The molecule has 3 aromatic carbocycles. The second kappa shape index (κ2) is 11.8. The van der Waals surface area contributed by atoms with E-state index in [1.54, 1.807) is 0 Å². The third-order valence-electron chi connectivity index (χ3n) is 5.49. The number of aryl methyl sites for hydroxylation is 1. The van der Waals surface area contributed by atoms with Crippen molar-refractivity contribution in [3.8, 4) is 5.75 Å². The summed E-state index contributed by atoms with van der Waals surface area (Å²) in [4.78, 5) is 13.3. The Bertz CT molecular complexity index is 1240. The summed E-state index contributed by atoms with van der Waals surface area (Å²) in [7, 11) is 0. The molecule has 1 atom stereocenters. The van der Waals surface area contributed by atoms with Crippen molar-refractivity contribution in [3.05, 3.63) is 110 Å². The Morgan fingerprint density at radius 2 is 1.86 bits per heavy atom. The van der Waals surface area contributed by atoms with Gasteiger partial charge in [0.2, 0.25) is 0 Å². The standard InChI is InChI=1S/C28H26BrClN2O2S/c1-3-5-21-14-20(15-24(29)26(21)34-17-19-6-10-22(30)11-7-19)16-25-27(33)32-28(35-25)31-23-12-8-18(4-2)9-13-23/h3,6-16,28,31H,1,4-5,17H2,2H3,(H,32,33)/b25-16-/t28-/m0/s1. The zero-order chi connectivity index (χ0) is 24.8. The van der Waals surface area contributed by atoms with Crippen molar-refractivity contribution >= 4 is 57.0 Å². The highest BCUT2D eigenvalue weighted by Gasteiger charge is 2.27. The van der Waals surface area contributed by atoms with Crippen LogP contribution < -0.4 is 15.4 Å². The molecule has 3 aromatic rings. The van der Waals surface area contributed by atoms with Crippen LogP contribution in [0.3, 0.4) is 0 Å². The molecule has 1 saturated heterocycles. The summed E-state index contributed by atoms with van der Waals surface area (Å²) in [6, 6.07) is 19.9. The summed E-state index contributed by atoms with van der Waals surface area (Å²) in [5, 5.41) is 7.05. The topological polar surface area (TPSA) is 50.4 Å². The van der Waals surface area contributed by atoms with Gasteiger partial charge in [0.15, 0.2) is 5.50 Å². The second-order valence-corrected chi connectivity index (χ2v) is 10.5. The molecular weight excluding hydrogens is 544 g/mol. The first-order valence-corrected chi connectivity index (χ1v) is 13.4. The van der Waals surface area contributed by atoms with Crippen molar-refractivity contribution in [2.75, 3.05) is 5.32 Å². The number of amides is 1. The zero-order valence-corrected chi connectivity index (χ0v) is 22.5. The maximum Gasteiger partial charge on any atom is 0.260 e. The van der Waals surface area contributed by atoms with Gasteiger partial charge in [-0.25, -0.2) is 0 Å². The van der Waals surface area contributed by atoms with E-state index in [2.05, 4.69) is 52.2 Å².